The molecule has 0 saturated carbocycles. The summed E-state index contributed by atoms with van der Waals surface area (Å²) in [6, 6.07) is 7.96. The van der Waals surface area contributed by atoms with Gasteiger partial charge in [-0.25, -0.2) is 8.91 Å². The molecule has 0 aliphatic heterocycles. The zero-order valence-corrected chi connectivity index (χ0v) is 14.4. The Morgan fingerprint density at radius 2 is 1.88 bits per heavy atom. The van der Waals surface area contributed by atoms with Gasteiger partial charge in [0.1, 0.15) is 11.3 Å². The molecule has 1 aromatic carbocycles. The van der Waals surface area contributed by atoms with Crippen molar-refractivity contribution in [2.45, 2.75) is 32.7 Å². The van der Waals surface area contributed by atoms with E-state index in [-0.39, 0.29) is 11.4 Å². The van der Waals surface area contributed by atoms with Gasteiger partial charge >= 0.3 is 0 Å². The van der Waals surface area contributed by atoms with Crippen molar-refractivity contribution in [1.29, 1.82) is 0 Å². The van der Waals surface area contributed by atoms with Crippen molar-refractivity contribution >= 4 is 16.7 Å². The molecule has 0 bridgehead atoms. The number of hydrogen-bond donors (Lipinski definition) is 0. The van der Waals surface area contributed by atoms with Gasteiger partial charge in [-0.2, -0.15) is 5.10 Å². The molecular formula is C19H18FN5O. The van der Waals surface area contributed by atoms with E-state index in [0.29, 0.717) is 23.2 Å². The number of fused-ring (bicyclic) bond motifs is 3. The number of unbranched alkanes of at least 4 members (excludes halogenated alkanes) is 2. The topological polar surface area (TPSA) is 65.1 Å². The van der Waals surface area contributed by atoms with E-state index in [1.54, 1.807) is 33.6 Å². The van der Waals surface area contributed by atoms with E-state index >= 15 is 0 Å². The standard InChI is InChI=1S/C19H18FN5O/c1-2-3-4-10-24-11-9-16-17(19(24)26)22-23-18-15(12-21-25(16)18)13-5-7-14(20)8-6-13/h5-9,11-12H,2-4,10H2,1H3. The Morgan fingerprint density at radius 3 is 2.65 bits per heavy atom. The van der Waals surface area contributed by atoms with Crippen LogP contribution in [-0.4, -0.2) is 24.4 Å². The molecule has 6 nitrogen and oxygen atoms in total. The summed E-state index contributed by atoms with van der Waals surface area (Å²) >= 11 is 0. The summed E-state index contributed by atoms with van der Waals surface area (Å²) in [6.45, 7) is 2.80. The van der Waals surface area contributed by atoms with Crippen LogP contribution in [0.3, 0.4) is 0 Å². The molecule has 0 unspecified atom stereocenters. The molecule has 0 atom stereocenters. The quantitative estimate of drug-likeness (QED) is 0.517. The third-order valence-electron chi connectivity index (χ3n) is 4.49. The van der Waals surface area contributed by atoms with Crippen LogP contribution in [0, 0.1) is 5.82 Å². The Labute approximate surface area is 148 Å². The van der Waals surface area contributed by atoms with Crippen molar-refractivity contribution in [3.63, 3.8) is 0 Å². The fourth-order valence-corrected chi connectivity index (χ4v) is 3.07. The molecule has 0 aliphatic rings. The van der Waals surface area contributed by atoms with Gasteiger partial charge < -0.3 is 4.57 Å². The Hall–Kier alpha value is -3.09. The summed E-state index contributed by atoms with van der Waals surface area (Å²) in [5.74, 6) is -0.301. The van der Waals surface area contributed by atoms with Crippen LogP contribution in [-0.2, 0) is 6.54 Å². The number of pyridine rings is 1. The lowest BCUT2D eigenvalue weighted by molar-refractivity contribution is 0.589. The average molecular weight is 351 g/mol. The first kappa shape index (κ1) is 16.4. The largest absolute Gasteiger partial charge is 0.313 e. The normalized spacial score (nSPS) is 11.5. The average Bonchev–Trinajstić information content (AvgIpc) is 3.09. The van der Waals surface area contributed by atoms with Gasteiger partial charge in [0, 0.05) is 18.3 Å². The number of aryl methyl sites for hydroxylation is 1. The summed E-state index contributed by atoms with van der Waals surface area (Å²) in [4.78, 5) is 12.7. The monoisotopic (exact) mass is 351 g/mol. The van der Waals surface area contributed by atoms with Crippen LogP contribution in [0.5, 0.6) is 0 Å². The van der Waals surface area contributed by atoms with Crippen LogP contribution in [0.1, 0.15) is 26.2 Å². The Balaban J connectivity index is 1.82. The number of halogens is 1. The fraction of sp³-hybridized carbons (Fsp3) is 0.263. The number of rotatable bonds is 5. The summed E-state index contributed by atoms with van der Waals surface area (Å²) in [6.07, 6.45) is 6.57. The van der Waals surface area contributed by atoms with E-state index in [0.717, 1.165) is 30.4 Å². The lowest BCUT2D eigenvalue weighted by atomic mass is 10.1. The fourth-order valence-electron chi connectivity index (χ4n) is 3.07. The van der Waals surface area contributed by atoms with Crippen molar-refractivity contribution < 1.29 is 4.39 Å². The molecule has 0 amide bonds. The molecule has 0 saturated heterocycles. The van der Waals surface area contributed by atoms with Gasteiger partial charge in [0.15, 0.2) is 11.2 Å². The highest BCUT2D eigenvalue weighted by atomic mass is 19.1. The van der Waals surface area contributed by atoms with Gasteiger partial charge in [0.2, 0.25) is 0 Å². The highest BCUT2D eigenvalue weighted by molar-refractivity contribution is 5.82. The van der Waals surface area contributed by atoms with Crippen LogP contribution >= 0.6 is 0 Å². The maximum Gasteiger partial charge on any atom is 0.280 e. The van der Waals surface area contributed by atoms with Crippen LogP contribution in [0.4, 0.5) is 4.39 Å². The first-order valence-electron chi connectivity index (χ1n) is 8.68. The molecule has 0 fully saturated rings. The molecule has 7 heteroatoms. The van der Waals surface area contributed by atoms with Crippen LogP contribution in [0.2, 0.25) is 0 Å². The van der Waals surface area contributed by atoms with E-state index in [4.69, 9.17) is 0 Å². The maximum absolute atomic E-state index is 13.2. The predicted molar refractivity (Wildman–Crippen MR) is 97.5 cm³/mol. The van der Waals surface area contributed by atoms with Crippen LogP contribution in [0.25, 0.3) is 27.8 Å². The van der Waals surface area contributed by atoms with E-state index in [2.05, 4.69) is 22.2 Å². The number of hydrogen-bond acceptors (Lipinski definition) is 4. The summed E-state index contributed by atoms with van der Waals surface area (Å²) in [5, 5.41) is 12.7. The highest BCUT2D eigenvalue weighted by Gasteiger charge is 2.14. The van der Waals surface area contributed by atoms with Crippen molar-refractivity contribution in [2.75, 3.05) is 0 Å². The zero-order valence-electron chi connectivity index (χ0n) is 14.4. The van der Waals surface area contributed by atoms with Gasteiger partial charge in [-0.05, 0) is 30.2 Å². The molecular weight excluding hydrogens is 333 g/mol. The van der Waals surface area contributed by atoms with Crippen LogP contribution in [0.15, 0.2) is 47.5 Å². The molecule has 0 spiro atoms. The van der Waals surface area contributed by atoms with Gasteiger partial charge in [-0.15, -0.1) is 10.2 Å². The third kappa shape index (κ3) is 2.75. The van der Waals surface area contributed by atoms with Gasteiger partial charge in [0.25, 0.3) is 5.56 Å². The molecule has 4 aromatic rings. The molecule has 0 radical (unpaired) electrons. The summed E-state index contributed by atoms with van der Waals surface area (Å²) in [5.41, 5.74) is 2.82. The third-order valence-corrected chi connectivity index (χ3v) is 4.49. The maximum atomic E-state index is 13.2. The van der Waals surface area contributed by atoms with E-state index in [1.807, 2.05) is 6.07 Å². The SMILES string of the molecule is CCCCCn1ccc2c(nnc3c(-c4ccc(F)cc4)cnn32)c1=O. The second-order valence-corrected chi connectivity index (χ2v) is 6.26. The first-order chi connectivity index (χ1) is 12.7. The molecule has 4 rings (SSSR count). The van der Waals surface area contributed by atoms with Crippen LogP contribution < -0.4 is 5.56 Å². The Bertz CT molecular complexity index is 1130. The van der Waals surface area contributed by atoms with Crippen molar-refractivity contribution in [1.82, 2.24) is 24.4 Å². The van der Waals surface area contributed by atoms with Crippen molar-refractivity contribution in [2.24, 2.45) is 0 Å². The van der Waals surface area contributed by atoms with E-state index in [9.17, 15) is 9.18 Å². The predicted octanol–water partition coefficient (Wildman–Crippen LogP) is 3.44. The minimum Gasteiger partial charge on any atom is -0.313 e. The number of aromatic nitrogens is 5. The minimum absolute atomic E-state index is 0.160. The first-order valence-corrected chi connectivity index (χ1v) is 8.68. The molecule has 3 aromatic heterocycles. The van der Waals surface area contributed by atoms with Crippen molar-refractivity contribution in [3.05, 3.63) is 58.9 Å². The van der Waals surface area contributed by atoms with Gasteiger partial charge in [-0.1, -0.05) is 31.9 Å². The Morgan fingerprint density at radius 1 is 1.08 bits per heavy atom. The summed E-state index contributed by atoms with van der Waals surface area (Å²) < 4.78 is 16.4. The Kier molecular flexibility index (Phi) is 4.20. The van der Waals surface area contributed by atoms with E-state index < -0.39 is 0 Å². The zero-order chi connectivity index (χ0) is 18.1. The van der Waals surface area contributed by atoms with Gasteiger partial charge in [-0.3, -0.25) is 4.79 Å². The number of nitrogens with zero attached hydrogens (tertiary/aromatic N) is 5. The second kappa shape index (κ2) is 6.67. The minimum atomic E-state index is -0.301. The molecule has 3 heterocycles. The second-order valence-electron chi connectivity index (χ2n) is 6.26. The highest BCUT2D eigenvalue weighted by Crippen LogP contribution is 2.24. The summed E-state index contributed by atoms with van der Waals surface area (Å²) in [7, 11) is 0. The van der Waals surface area contributed by atoms with Crippen molar-refractivity contribution in [3.8, 4) is 11.1 Å². The smallest absolute Gasteiger partial charge is 0.280 e. The van der Waals surface area contributed by atoms with E-state index in [1.165, 1.54) is 12.1 Å². The molecule has 26 heavy (non-hydrogen) atoms. The van der Waals surface area contributed by atoms with Gasteiger partial charge in [0.05, 0.1) is 6.20 Å². The molecule has 132 valence electrons. The lowest BCUT2D eigenvalue weighted by Gasteiger charge is -2.07. The lowest BCUT2D eigenvalue weighted by Crippen LogP contribution is -2.21. The molecule has 0 aliphatic carbocycles. The molecule has 0 N–H and O–H groups in total. The number of benzene rings is 1.